The van der Waals surface area contributed by atoms with Gasteiger partial charge in [-0.25, -0.2) is 0 Å². The summed E-state index contributed by atoms with van der Waals surface area (Å²) in [6, 6.07) is 0. The van der Waals surface area contributed by atoms with Gasteiger partial charge in [0, 0.05) is 5.54 Å². The van der Waals surface area contributed by atoms with Gasteiger partial charge in [0.05, 0.1) is 0 Å². The highest BCUT2D eigenvalue weighted by molar-refractivity contribution is 5.87. The molecule has 1 unspecified atom stereocenters. The average molecular weight is 238 g/mol. The normalized spacial score (nSPS) is 23.1. The maximum atomic E-state index is 12.5. The Labute approximate surface area is 92.6 Å². The van der Waals surface area contributed by atoms with Crippen molar-refractivity contribution in [1.82, 2.24) is 5.32 Å². The summed E-state index contributed by atoms with van der Waals surface area (Å²) >= 11 is 0. The minimum absolute atomic E-state index is 0.469. The highest BCUT2D eigenvalue weighted by Crippen LogP contribution is 2.36. The van der Waals surface area contributed by atoms with Gasteiger partial charge in [-0.1, -0.05) is 6.92 Å². The van der Waals surface area contributed by atoms with Crippen molar-refractivity contribution in [1.29, 1.82) is 0 Å². The maximum Gasteiger partial charge on any atom is 0.415 e. The van der Waals surface area contributed by atoms with Crippen LogP contribution in [0.5, 0.6) is 0 Å². The molecule has 6 heteroatoms. The van der Waals surface area contributed by atoms with Gasteiger partial charge in [0.1, 0.15) is 0 Å². The highest BCUT2D eigenvalue weighted by atomic mass is 19.4. The minimum atomic E-state index is -4.73. The Morgan fingerprint density at radius 3 is 2.19 bits per heavy atom. The molecular weight excluding hydrogens is 221 g/mol. The number of alkyl halides is 3. The van der Waals surface area contributed by atoms with Crippen LogP contribution in [-0.4, -0.2) is 23.2 Å². The Bertz CT molecular complexity index is 277. The molecule has 0 saturated heterocycles. The Hall–Kier alpha value is -0.780. The van der Waals surface area contributed by atoms with E-state index in [0.717, 1.165) is 19.3 Å². The van der Waals surface area contributed by atoms with Crippen molar-refractivity contribution < 1.29 is 18.0 Å². The van der Waals surface area contributed by atoms with Gasteiger partial charge in [-0.3, -0.25) is 4.79 Å². The van der Waals surface area contributed by atoms with Gasteiger partial charge in [-0.05, 0) is 32.6 Å². The van der Waals surface area contributed by atoms with E-state index in [1.807, 2.05) is 6.92 Å². The van der Waals surface area contributed by atoms with E-state index in [-0.39, 0.29) is 0 Å². The molecule has 3 nitrogen and oxygen atoms in total. The van der Waals surface area contributed by atoms with Crippen molar-refractivity contribution in [2.75, 3.05) is 0 Å². The topological polar surface area (TPSA) is 55.1 Å². The van der Waals surface area contributed by atoms with Crippen molar-refractivity contribution >= 4 is 5.91 Å². The lowest BCUT2D eigenvalue weighted by atomic mass is 9.74. The van der Waals surface area contributed by atoms with Gasteiger partial charge in [0.2, 0.25) is 5.91 Å². The number of nitrogens with one attached hydrogen (secondary N) is 1. The SMILES string of the molecule is CCC1(NC(=O)C(C)(N)C(F)(F)F)CCC1. The molecule has 0 bridgehead atoms. The van der Waals surface area contributed by atoms with Crippen LogP contribution in [0, 0.1) is 0 Å². The molecule has 94 valence electrons. The third-order valence-electron chi connectivity index (χ3n) is 3.43. The second-order valence-corrected chi connectivity index (χ2v) is 4.64. The first kappa shape index (κ1) is 13.3. The Balaban J connectivity index is 2.72. The van der Waals surface area contributed by atoms with E-state index in [9.17, 15) is 18.0 Å². The second kappa shape index (κ2) is 3.91. The monoisotopic (exact) mass is 238 g/mol. The van der Waals surface area contributed by atoms with Gasteiger partial charge in [0.15, 0.2) is 5.54 Å². The number of nitrogens with two attached hydrogens (primary N) is 1. The first-order valence-corrected chi connectivity index (χ1v) is 5.33. The number of amides is 1. The summed E-state index contributed by atoms with van der Waals surface area (Å²) < 4.78 is 37.5. The molecule has 0 aromatic heterocycles. The molecule has 1 aliphatic carbocycles. The standard InChI is InChI=1S/C10H17F3N2O/c1-3-9(5-4-6-9)15-7(16)8(2,14)10(11,12)13/h3-6,14H2,1-2H3,(H,15,16). The fraction of sp³-hybridized carbons (Fsp3) is 0.900. The lowest BCUT2D eigenvalue weighted by molar-refractivity contribution is -0.189. The van der Waals surface area contributed by atoms with Crippen molar-refractivity contribution in [3.05, 3.63) is 0 Å². The molecule has 0 spiro atoms. The van der Waals surface area contributed by atoms with E-state index < -0.39 is 23.2 Å². The van der Waals surface area contributed by atoms with Crippen molar-refractivity contribution in [3.63, 3.8) is 0 Å². The Kier molecular flexibility index (Phi) is 3.24. The van der Waals surface area contributed by atoms with Crippen LogP contribution in [0.1, 0.15) is 39.5 Å². The number of carbonyl (C=O) groups is 1. The van der Waals surface area contributed by atoms with Crippen LogP contribution >= 0.6 is 0 Å². The summed E-state index contributed by atoms with van der Waals surface area (Å²) in [4.78, 5) is 11.5. The van der Waals surface area contributed by atoms with Gasteiger partial charge >= 0.3 is 6.18 Å². The molecule has 1 fully saturated rings. The number of carbonyl (C=O) groups excluding carboxylic acids is 1. The van der Waals surface area contributed by atoms with Crippen LogP contribution in [0.25, 0.3) is 0 Å². The van der Waals surface area contributed by atoms with Crippen LogP contribution in [-0.2, 0) is 4.79 Å². The molecule has 0 aliphatic heterocycles. The largest absolute Gasteiger partial charge is 0.415 e. The van der Waals surface area contributed by atoms with Gasteiger partial charge in [0.25, 0.3) is 0 Å². The minimum Gasteiger partial charge on any atom is -0.349 e. The van der Waals surface area contributed by atoms with Crippen LogP contribution in [0.3, 0.4) is 0 Å². The summed E-state index contributed by atoms with van der Waals surface area (Å²) in [6.45, 7) is 2.55. The number of rotatable bonds is 3. The van der Waals surface area contributed by atoms with Crippen LogP contribution < -0.4 is 11.1 Å². The van der Waals surface area contributed by atoms with Crippen molar-refractivity contribution in [2.45, 2.75) is 56.8 Å². The number of halogens is 3. The molecule has 0 aromatic carbocycles. The summed E-state index contributed by atoms with van der Waals surface area (Å²) in [6.07, 6.45) is -1.71. The lowest BCUT2D eigenvalue weighted by Crippen LogP contribution is -2.66. The first-order valence-electron chi connectivity index (χ1n) is 5.33. The molecule has 16 heavy (non-hydrogen) atoms. The zero-order valence-electron chi connectivity index (χ0n) is 9.45. The number of hydrogen-bond acceptors (Lipinski definition) is 2. The van der Waals surface area contributed by atoms with E-state index in [1.54, 1.807) is 0 Å². The molecule has 1 atom stereocenters. The molecule has 0 aromatic rings. The van der Waals surface area contributed by atoms with E-state index in [1.165, 1.54) is 0 Å². The summed E-state index contributed by atoms with van der Waals surface area (Å²) in [5, 5.41) is 2.44. The molecule has 3 N–H and O–H groups in total. The smallest absolute Gasteiger partial charge is 0.349 e. The van der Waals surface area contributed by atoms with Crippen molar-refractivity contribution in [2.24, 2.45) is 5.73 Å². The number of hydrogen-bond donors (Lipinski definition) is 2. The van der Waals surface area contributed by atoms with Gasteiger partial charge in [-0.2, -0.15) is 13.2 Å². The maximum absolute atomic E-state index is 12.5. The Morgan fingerprint density at radius 1 is 1.44 bits per heavy atom. The highest BCUT2D eigenvalue weighted by Gasteiger charge is 2.55. The lowest BCUT2D eigenvalue weighted by Gasteiger charge is -2.43. The third kappa shape index (κ3) is 2.16. The molecule has 1 rings (SSSR count). The zero-order valence-corrected chi connectivity index (χ0v) is 9.45. The molecule has 0 heterocycles. The third-order valence-corrected chi connectivity index (χ3v) is 3.43. The predicted molar refractivity (Wildman–Crippen MR) is 53.7 cm³/mol. The quantitative estimate of drug-likeness (QED) is 0.786. The van der Waals surface area contributed by atoms with E-state index >= 15 is 0 Å². The zero-order chi connectivity index (χ0) is 12.6. The van der Waals surface area contributed by atoms with Gasteiger partial charge < -0.3 is 11.1 Å². The first-order chi connectivity index (χ1) is 7.15. The van der Waals surface area contributed by atoms with E-state index in [4.69, 9.17) is 5.73 Å². The van der Waals surface area contributed by atoms with Crippen LogP contribution in [0.15, 0.2) is 0 Å². The fourth-order valence-electron chi connectivity index (χ4n) is 1.67. The van der Waals surface area contributed by atoms with Crippen LogP contribution in [0.4, 0.5) is 13.2 Å². The molecule has 1 amide bonds. The fourth-order valence-corrected chi connectivity index (χ4v) is 1.67. The van der Waals surface area contributed by atoms with E-state index in [2.05, 4.69) is 5.32 Å². The molecular formula is C10H17F3N2O. The molecule has 1 aliphatic rings. The predicted octanol–water partition coefficient (Wildman–Crippen LogP) is 1.71. The summed E-state index contributed by atoms with van der Waals surface area (Å²) in [7, 11) is 0. The molecule has 1 saturated carbocycles. The van der Waals surface area contributed by atoms with E-state index in [0.29, 0.717) is 13.3 Å². The van der Waals surface area contributed by atoms with Crippen LogP contribution in [0.2, 0.25) is 0 Å². The summed E-state index contributed by atoms with van der Waals surface area (Å²) in [5.74, 6) is -1.14. The molecule has 0 radical (unpaired) electrons. The Morgan fingerprint density at radius 2 is 1.94 bits per heavy atom. The van der Waals surface area contributed by atoms with Crippen molar-refractivity contribution in [3.8, 4) is 0 Å². The summed E-state index contributed by atoms with van der Waals surface area (Å²) in [5.41, 5.74) is 1.76. The van der Waals surface area contributed by atoms with Gasteiger partial charge in [-0.15, -0.1) is 0 Å². The average Bonchev–Trinajstić information content (AvgIpc) is 2.08. The second-order valence-electron chi connectivity index (χ2n) is 4.64.